The van der Waals surface area contributed by atoms with Gasteiger partial charge in [-0.25, -0.2) is 0 Å². The van der Waals surface area contributed by atoms with Crippen LogP contribution in [-0.4, -0.2) is 79.8 Å². The highest BCUT2D eigenvalue weighted by Gasteiger charge is 2.29. The zero-order valence-electron chi connectivity index (χ0n) is 41.0. The van der Waals surface area contributed by atoms with Crippen LogP contribution in [0.5, 0.6) is 0 Å². The molecule has 0 aromatic carbocycles. The maximum atomic E-state index is 12.9. The maximum absolute atomic E-state index is 12.9. The van der Waals surface area contributed by atoms with E-state index in [9.17, 15) is 24.5 Å². The molecule has 61 heavy (non-hydrogen) atoms. The molecule has 0 aliphatic heterocycles. The van der Waals surface area contributed by atoms with Crippen molar-refractivity contribution >= 4 is 13.7 Å². The summed E-state index contributed by atoms with van der Waals surface area (Å²) in [6.45, 7) is 4.44. The van der Waals surface area contributed by atoms with Gasteiger partial charge < -0.3 is 34.0 Å². The second-order valence-electron chi connectivity index (χ2n) is 19.4. The lowest BCUT2D eigenvalue weighted by molar-refractivity contribution is -0.870. The summed E-state index contributed by atoms with van der Waals surface area (Å²) in [6.07, 6.45) is 47.0. The van der Waals surface area contributed by atoms with Crippen LogP contribution in [-0.2, 0) is 18.4 Å². The number of phosphoric acid groups is 1. The smallest absolute Gasteiger partial charge is 0.268 e. The predicted octanol–water partition coefficient (Wildman–Crippen LogP) is 13.4. The van der Waals surface area contributed by atoms with Gasteiger partial charge in [-0.15, -0.1) is 0 Å². The molecule has 0 radical (unpaired) electrons. The number of likely N-dealkylation sites (N-methyl/N-ethyl adjacent to an activating group) is 1. The van der Waals surface area contributed by atoms with Crippen molar-refractivity contribution in [3.63, 3.8) is 0 Å². The van der Waals surface area contributed by atoms with Gasteiger partial charge in [-0.2, -0.15) is 0 Å². The lowest BCUT2D eigenvalue weighted by Gasteiger charge is -2.31. The van der Waals surface area contributed by atoms with Gasteiger partial charge in [-0.05, 0) is 38.5 Å². The van der Waals surface area contributed by atoms with Crippen LogP contribution < -0.4 is 10.2 Å². The van der Waals surface area contributed by atoms with Gasteiger partial charge in [-0.3, -0.25) is 9.36 Å². The summed E-state index contributed by atoms with van der Waals surface area (Å²) >= 11 is 0. The average Bonchev–Trinajstić information content (AvgIpc) is 3.21. The molecule has 0 aliphatic carbocycles. The van der Waals surface area contributed by atoms with Gasteiger partial charge in [0.2, 0.25) is 5.91 Å². The normalized spacial score (nSPS) is 14.7. The van der Waals surface area contributed by atoms with Crippen molar-refractivity contribution in [1.82, 2.24) is 5.32 Å². The Hall–Kier alpha value is -0.800. The number of quaternary nitrogens is 1. The number of carbonyl (C=O) groups is 1. The molecule has 4 unspecified atom stereocenters. The number of carbonyl (C=O) groups excluding carboxylic acids is 1. The average molecular weight is 887 g/mol. The lowest BCUT2D eigenvalue weighted by atomic mass is 10.0. The minimum Gasteiger partial charge on any atom is -0.756 e. The summed E-state index contributed by atoms with van der Waals surface area (Å²) in [6, 6.07) is -1.08. The van der Waals surface area contributed by atoms with Crippen molar-refractivity contribution < 1.29 is 38.0 Å². The van der Waals surface area contributed by atoms with Crippen LogP contribution in [0.1, 0.15) is 251 Å². The van der Waals surface area contributed by atoms with Crippen LogP contribution in [0.2, 0.25) is 0 Å². The predicted molar refractivity (Wildman–Crippen MR) is 258 cm³/mol. The molecule has 0 aliphatic rings. The number of aliphatic hydroxyl groups is 2. The molecule has 0 aromatic heterocycles. The van der Waals surface area contributed by atoms with Crippen molar-refractivity contribution in [1.29, 1.82) is 0 Å². The minimum absolute atomic E-state index is 0.0431. The van der Waals surface area contributed by atoms with E-state index in [1.807, 2.05) is 21.1 Å². The van der Waals surface area contributed by atoms with Crippen molar-refractivity contribution in [2.45, 2.75) is 270 Å². The summed E-state index contributed by atoms with van der Waals surface area (Å²) in [5.41, 5.74) is 0. The number of unbranched alkanes of at least 4 members (excludes halogenated alkanes) is 32. The molecule has 0 rings (SSSR count). The third kappa shape index (κ3) is 44.2. The van der Waals surface area contributed by atoms with E-state index >= 15 is 0 Å². The van der Waals surface area contributed by atoms with Crippen LogP contribution in [0.25, 0.3) is 0 Å². The Balaban J connectivity index is 4.23. The Kier molecular flexibility index (Phi) is 42.5. The molecule has 0 bridgehead atoms. The number of hydrogen-bond acceptors (Lipinski definition) is 7. The van der Waals surface area contributed by atoms with Crippen LogP contribution in [0.15, 0.2) is 12.2 Å². The first-order valence-electron chi connectivity index (χ1n) is 26.1. The van der Waals surface area contributed by atoms with Crippen molar-refractivity contribution in [3.05, 3.63) is 12.2 Å². The summed E-state index contributed by atoms with van der Waals surface area (Å²) in [4.78, 5) is 25.4. The molecule has 364 valence electrons. The molecule has 0 spiro atoms. The van der Waals surface area contributed by atoms with Crippen molar-refractivity contribution in [2.24, 2.45) is 0 Å². The monoisotopic (exact) mass is 887 g/mol. The van der Waals surface area contributed by atoms with E-state index in [2.05, 4.69) is 31.3 Å². The van der Waals surface area contributed by atoms with Gasteiger partial charge in [0, 0.05) is 6.42 Å². The van der Waals surface area contributed by atoms with Crippen molar-refractivity contribution in [3.8, 4) is 0 Å². The largest absolute Gasteiger partial charge is 0.756 e. The van der Waals surface area contributed by atoms with Crippen LogP contribution in [0.3, 0.4) is 0 Å². The second-order valence-corrected chi connectivity index (χ2v) is 20.8. The first kappa shape index (κ1) is 60.2. The Morgan fingerprint density at radius 1 is 0.574 bits per heavy atom. The van der Waals surface area contributed by atoms with E-state index < -0.39 is 32.7 Å². The molecule has 1 amide bonds. The SMILES string of the molecule is CCCCCCCCC/C=C/CCCC(O)C(O)C(COP(=O)([O-])OCC[N+](C)(C)C)NC(=O)CCCCCCCCCCCCCCCCCCCCCCCCCCC. The fraction of sp³-hybridized carbons (Fsp3) is 0.941. The Bertz CT molecular complexity index is 1020. The van der Waals surface area contributed by atoms with Gasteiger partial charge >= 0.3 is 0 Å². The van der Waals surface area contributed by atoms with Crippen LogP contribution >= 0.6 is 7.82 Å². The highest BCUT2D eigenvalue weighted by molar-refractivity contribution is 7.45. The highest BCUT2D eigenvalue weighted by Crippen LogP contribution is 2.38. The molecule has 0 saturated heterocycles. The molecule has 9 nitrogen and oxygen atoms in total. The molecular formula is C51H103N2O7P. The zero-order chi connectivity index (χ0) is 45.1. The van der Waals surface area contributed by atoms with Gasteiger partial charge in [0.25, 0.3) is 7.82 Å². The first-order chi connectivity index (χ1) is 29.4. The molecule has 0 saturated carbocycles. The number of allylic oxidation sites excluding steroid dienone is 2. The van der Waals surface area contributed by atoms with Crippen molar-refractivity contribution in [2.75, 3.05) is 40.9 Å². The van der Waals surface area contributed by atoms with Gasteiger partial charge in [0.05, 0.1) is 39.9 Å². The maximum Gasteiger partial charge on any atom is 0.268 e. The summed E-state index contributed by atoms with van der Waals surface area (Å²) in [5.74, 6) is -0.283. The van der Waals surface area contributed by atoms with Crippen LogP contribution in [0.4, 0.5) is 0 Å². The van der Waals surface area contributed by atoms with Gasteiger partial charge in [0.1, 0.15) is 19.3 Å². The molecule has 0 fully saturated rings. The quantitative estimate of drug-likeness (QED) is 0.0240. The number of nitrogens with one attached hydrogen (secondary N) is 1. The van der Waals surface area contributed by atoms with E-state index in [0.717, 1.165) is 32.1 Å². The number of rotatable bonds is 48. The molecule has 10 heteroatoms. The Morgan fingerprint density at radius 3 is 1.33 bits per heavy atom. The number of phosphoric ester groups is 1. The summed E-state index contributed by atoms with van der Waals surface area (Å²) in [7, 11) is 1.12. The lowest BCUT2D eigenvalue weighted by Crippen LogP contribution is -2.51. The standard InChI is InChI=1S/C51H103N2O7P/c1-6-8-10-12-14-16-18-20-21-22-23-24-25-26-27-28-29-30-31-32-34-36-38-40-42-44-50(55)52-48(47-60-61(57,58)59-46-45-53(3,4)5)51(56)49(54)43-41-39-37-35-33-19-17-15-13-11-9-7-2/h35,37,48-49,51,54,56H,6-34,36,38-47H2,1-5H3,(H-,52,55,57,58)/b37-35+. The fourth-order valence-corrected chi connectivity index (χ4v) is 8.63. The number of amides is 1. The third-order valence-electron chi connectivity index (χ3n) is 12.1. The Labute approximate surface area is 378 Å². The fourth-order valence-electron chi connectivity index (χ4n) is 7.90. The molecule has 0 heterocycles. The highest BCUT2D eigenvalue weighted by atomic mass is 31.2. The zero-order valence-corrected chi connectivity index (χ0v) is 41.9. The molecular weight excluding hydrogens is 784 g/mol. The molecule has 0 aromatic rings. The first-order valence-corrected chi connectivity index (χ1v) is 27.6. The minimum atomic E-state index is -4.67. The van der Waals surface area contributed by atoms with E-state index in [1.54, 1.807) is 0 Å². The van der Waals surface area contributed by atoms with E-state index in [-0.39, 0.29) is 18.9 Å². The Morgan fingerprint density at radius 2 is 0.934 bits per heavy atom. The summed E-state index contributed by atoms with van der Waals surface area (Å²) in [5, 5.41) is 24.6. The van der Waals surface area contributed by atoms with E-state index in [1.165, 1.54) is 186 Å². The topological polar surface area (TPSA) is 128 Å². The number of nitrogens with zero attached hydrogens (tertiary/aromatic N) is 1. The number of aliphatic hydroxyl groups excluding tert-OH is 2. The van der Waals surface area contributed by atoms with Crippen LogP contribution in [0, 0.1) is 0 Å². The molecule has 3 N–H and O–H groups in total. The van der Waals surface area contributed by atoms with E-state index in [0.29, 0.717) is 23.9 Å². The van der Waals surface area contributed by atoms with Gasteiger partial charge in [-0.1, -0.05) is 219 Å². The second kappa shape index (κ2) is 43.1. The number of hydrogen-bond donors (Lipinski definition) is 3. The van der Waals surface area contributed by atoms with E-state index in [4.69, 9.17) is 9.05 Å². The summed E-state index contributed by atoms with van der Waals surface area (Å²) < 4.78 is 23.2. The molecule has 4 atom stereocenters. The van der Waals surface area contributed by atoms with Gasteiger partial charge in [0.15, 0.2) is 0 Å². The third-order valence-corrected chi connectivity index (χ3v) is 13.1.